The number of pyridine rings is 1. The van der Waals surface area contributed by atoms with Crippen LogP contribution < -0.4 is 9.88 Å². The largest absolute Gasteiger partial charge is 0.480 e. The molecule has 0 spiro atoms. The third kappa shape index (κ3) is 2.50. The lowest BCUT2D eigenvalue weighted by atomic mass is 10.0. The quantitative estimate of drug-likeness (QED) is 0.876. The van der Waals surface area contributed by atoms with Crippen LogP contribution in [0.25, 0.3) is 11.1 Å². The van der Waals surface area contributed by atoms with Crippen LogP contribution in [0.15, 0.2) is 35.2 Å². The van der Waals surface area contributed by atoms with Gasteiger partial charge in [-0.25, -0.2) is 13.6 Å². The van der Waals surface area contributed by atoms with Gasteiger partial charge in [-0.15, -0.1) is 0 Å². The van der Waals surface area contributed by atoms with Gasteiger partial charge in [-0.1, -0.05) is 30.3 Å². The predicted octanol–water partition coefficient (Wildman–Crippen LogP) is 1.85. The summed E-state index contributed by atoms with van der Waals surface area (Å²) in [4.78, 5) is 3.24. The van der Waals surface area contributed by atoms with E-state index in [1.807, 2.05) is 0 Å². The number of primary sulfonamides is 1. The summed E-state index contributed by atoms with van der Waals surface area (Å²) in [6.07, 6.45) is 0. The van der Waals surface area contributed by atoms with Crippen molar-refractivity contribution in [2.45, 2.75) is 11.8 Å². The molecule has 0 atom stereocenters. The molecule has 5 nitrogen and oxygen atoms in total. The lowest BCUT2D eigenvalue weighted by Gasteiger charge is -2.14. The molecule has 0 aliphatic heterocycles. The van der Waals surface area contributed by atoms with Crippen molar-refractivity contribution in [1.82, 2.24) is 4.98 Å². The number of aromatic nitrogens is 1. The van der Waals surface area contributed by atoms with E-state index in [1.165, 1.54) is 14.0 Å². The number of hydrogen-bond acceptors (Lipinski definition) is 4. The smallest absolute Gasteiger partial charge is 0.243 e. The van der Waals surface area contributed by atoms with E-state index in [4.69, 9.17) is 9.88 Å². The first-order valence-corrected chi connectivity index (χ1v) is 7.23. The van der Waals surface area contributed by atoms with E-state index < -0.39 is 16.0 Å². The summed E-state index contributed by atoms with van der Waals surface area (Å²) in [5.41, 5.74) is 0.779. The van der Waals surface area contributed by atoms with Crippen molar-refractivity contribution in [1.29, 1.82) is 0 Å². The zero-order chi connectivity index (χ0) is 14.9. The number of sulfonamides is 1. The summed E-state index contributed by atoms with van der Waals surface area (Å²) < 4.78 is 42.3. The highest BCUT2D eigenvalue weighted by atomic mass is 32.2. The molecular weight excluding hydrogens is 283 g/mol. The van der Waals surface area contributed by atoms with E-state index in [-0.39, 0.29) is 21.9 Å². The monoisotopic (exact) mass is 296 g/mol. The average Bonchev–Trinajstić information content (AvgIpc) is 2.37. The van der Waals surface area contributed by atoms with Crippen molar-refractivity contribution in [2.24, 2.45) is 5.14 Å². The fraction of sp³-hybridized carbons (Fsp3) is 0.154. The molecule has 0 amide bonds. The van der Waals surface area contributed by atoms with Gasteiger partial charge in [-0.2, -0.15) is 9.37 Å². The van der Waals surface area contributed by atoms with Crippen LogP contribution in [0.4, 0.5) is 4.39 Å². The summed E-state index contributed by atoms with van der Waals surface area (Å²) in [5.74, 6) is -1.15. The zero-order valence-electron chi connectivity index (χ0n) is 10.9. The molecule has 2 N–H and O–H groups in total. The maximum atomic E-state index is 14.1. The molecular formula is C13H13FN2O3S. The third-order valence-corrected chi connectivity index (χ3v) is 3.91. The van der Waals surface area contributed by atoms with Crippen LogP contribution in [0.1, 0.15) is 5.56 Å². The number of rotatable bonds is 3. The maximum absolute atomic E-state index is 14.1. The van der Waals surface area contributed by atoms with E-state index in [0.29, 0.717) is 5.56 Å². The number of nitrogens with two attached hydrogens (primary N) is 1. The Kier molecular flexibility index (Phi) is 3.74. The Morgan fingerprint density at radius 1 is 1.25 bits per heavy atom. The van der Waals surface area contributed by atoms with Gasteiger partial charge >= 0.3 is 0 Å². The molecule has 7 heteroatoms. The van der Waals surface area contributed by atoms with Gasteiger partial charge in [0, 0.05) is 5.56 Å². The van der Waals surface area contributed by atoms with Crippen molar-refractivity contribution in [3.63, 3.8) is 0 Å². The van der Waals surface area contributed by atoms with Gasteiger partial charge in [0.05, 0.1) is 7.11 Å². The van der Waals surface area contributed by atoms with E-state index in [2.05, 4.69) is 4.98 Å². The number of nitrogens with zero attached hydrogens (tertiary/aromatic N) is 1. The zero-order valence-corrected chi connectivity index (χ0v) is 11.7. The lowest BCUT2D eigenvalue weighted by Crippen LogP contribution is -2.17. The summed E-state index contributed by atoms with van der Waals surface area (Å²) >= 11 is 0. The first-order chi connectivity index (χ1) is 9.36. The van der Waals surface area contributed by atoms with E-state index in [9.17, 15) is 12.8 Å². The number of methoxy groups -OCH3 is 1. The molecule has 0 unspecified atom stereocenters. The number of halogens is 1. The van der Waals surface area contributed by atoms with Crippen LogP contribution >= 0.6 is 0 Å². The fourth-order valence-electron chi connectivity index (χ4n) is 2.04. The highest BCUT2D eigenvalue weighted by molar-refractivity contribution is 7.89. The van der Waals surface area contributed by atoms with Gasteiger partial charge in [-0.3, -0.25) is 0 Å². The summed E-state index contributed by atoms with van der Waals surface area (Å²) in [6, 6.07) is 8.53. The highest BCUT2D eigenvalue weighted by Crippen LogP contribution is 2.34. The van der Waals surface area contributed by atoms with Crippen molar-refractivity contribution in [3.8, 4) is 17.0 Å². The highest BCUT2D eigenvalue weighted by Gasteiger charge is 2.25. The van der Waals surface area contributed by atoms with E-state index >= 15 is 0 Å². The number of benzene rings is 1. The molecule has 0 radical (unpaired) electrons. The maximum Gasteiger partial charge on any atom is 0.243 e. The molecule has 0 aliphatic rings. The molecule has 0 bridgehead atoms. The molecule has 0 aliphatic carbocycles. The molecule has 1 aromatic heterocycles. The predicted molar refractivity (Wildman–Crippen MR) is 72.3 cm³/mol. The standard InChI is InChI=1S/C13H13FN2O3S/c1-8-10(9-6-4-3-5-7-9)12(14)16-13(19-2)11(8)20(15,17)18/h3-7H,1-2H3,(H2,15,17,18). The van der Waals surface area contributed by atoms with Crippen LogP contribution in [0.2, 0.25) is 0 Å². The topological polar surface area (TPSA) is 82.3 Å². The van der Waals surface area contributed by atoms with Gasteiger partial charge < -0.3 is 4.74 Å². The van der Waals surface area contributed by atoms with Gasteiger partial charge in [0.1, 0.15) is 4.90 Å². The van der Waals surface area contributed by atoms with Crippen LogP contribution in [0.5, 0.6) is 5.88 Å². The molecule has 0 saturated heterocycles. The Hall–Kier alpha value is -1.99. The van der Waals surface area contributed by atoms with Crippen LogP contribution in [-0.2, 0) is 10.0 Å². The Morgan fingerprint density at radius 2 is 1.85 bits per heavy atom. The third-order valence-electron chi connectivity index (χ3n) is 2.86. The van der Waals surface area contributed by atoms with Crippen LogP contribution in [-0.4, -0.2) is 20.5 Å². The Balaban J connectivity index is 2.85. The van der Waals surface area contributed by atoms with Crippen molar-refractivity contribution < 1.29 is 17.5 Å². The minimum Gasteiger partial charge on any atom is -0.480 e. The molecule has 2 rings (SSSR count). The molecule has 20 heavy (non-hydrogen) atoms. The summed E-state index contributed by atoms with van der Waals surface area (Å²) in [7, 11) is -2.87. The Morgan fingerprint density at radius 3 is 2.35 bits per heavy atom. The van der Waals surface area contributed by atoms with E-state index in [1.54, 1.807) is 30.3 Å². The Bertz CT molecular complexity index is 746. The second-order valence-electron chi connectivity index (χ2n) is 4.15. The van der Waals surface area contributed by atoms with Gasteiger partial charge in [0.15, 0.2) is 0 Å². The Labute approximate surface area is 116 Å². The van der Waals surface area contributed by atoms with Crippen molar-refractivity contribution in [3.05, 3.63) is 41.8 Å². The second kappa shape index (κ2) is 5.18. The lowest BCUT2D eigenvalue weighted by molar-refractivity contribution is 0.374. The van der Waals surface area contributed by atoms with Crippen molar-refractivity contribution in [2.75, 3.05) is 7.11 Å². The molecule has 2 aromatic rings. The first kappa shape index (κ1) is 14.4. The van der Waals surface area contributed by atoms with Gasteiger partial charge in [0.25, 0.3) is 0 Å². The van der Waals surface area contributed by atoms with Crippen molar-refractivity contribution >= 4 is 10.0 Å². The molecule has 106 valence electrons. The fourth-order valence-corrected chi connectivity index (χ4v) is 2.94. The van der Waals surface area contributed by atoms with E-state index in [0.717, 1.165) is 0 Å². The SMILES string of the molecule is COc1nc(F)c(-c2ccccc2)c(C)c1S(N)(=O)=O. The van der Waals surface area contributed by atoms with Gasteiger partial charge in [-0.05, 0) is 18.1 Å². The summed E-state index contributed by atoms with van der Waals surface area (Å²) in [6.45, 7) is 1.47. The minimum atomic E-state index is -4.08. The minimum absolute atomic E-state index is 0.0930. The van der Waals surface area contributed by atoms with Gasteiger partial charge in [0.2, 0.25) is 21.9 Å². The molecule has 1 heterocycles. The first-order valence-electron chi connectivity index (χ1n) is 5.68. The number of ether oxygens (including phenoxy) is 1. The van der Waals surface area contributed by atoms with Crippen LogP contribution in [0.3, 0.4) is 0 Å². The molecule has 0 fully saturated rings. The average molecular weight is 296 g/mol. The molecule has 1 aromatic carbocycles. The normalized spacial score (nSPS) is 11.4. The summed E-state index contributed by atoms with van der Waals surface area (Å²) in [5, 5.41) is 5.16. The number of hydrogen-bond donors (Lipinski definition) is 1. The van der Waals surface area contributed by atoms with Crippen LogP contribution in [0, 0.1) is 12.9 Å². The second-order valence-corrected chi connectivity index (χ2v) is 5.65. The molecule has 0 saturated carbocycles.